The second kappa shape index (κ2) is 8.94. The summed E-state index contributed by atoms with van der Waals surface area (Å²) in [6.45, 7) is 4.52. The SMILES string of the molecule is COc1cc(CNC(=O)Nc2ccc(C)c(C)c2)ccc1OCCO. The minimum atomic E-state index is -0.275. The molecule has 2 aromatic carbocycles. The third-order valence-corrected chi connectivity index (χ3v) is 3.79. The summed E-state index contributed by atoms with van der Waals surface area (Å²) in [6.07, 6.45) is 0. The van der Waals surface area contributed by atoms with Crippen LogP contribution in [0.3, 0.4) is 0 Å². The topological polar surface area (TPSA) is 79.8 Å². The Hall–Kier alpha value is -2.73. The number of amides is 2. The van der Waals surface area contributed by atoms with Crippen LogP contribution in [0.25, 0.3) is 0 Å². The molecule has 2 rings (SSSR count). The number of anilines is 1. The number of rotatable bonds is 7. The van der Waals surface area contributed by atoms with Crippen molar-refractivity contribution in [2.45, 2.75) is 20.4 Å². The van der Waals surface area contributed by atoms with E-state index in [1.54, 1.807) is 19.2 Å². The Labute approximate surface area is 147 Å². The molecule has 0 fully saturated rings. The molecule has 0 radical (unpaired) electrons. The Balaban J connectivity index is 1.93. The van der Waals surface area contributed by atoms with E-state index in [1.165, 1.54) is 5.56 Å². The van der Waals surface area contributed by atoms with Crippen LogP contribution in [0.1, 0.15) is 16.7 Å². The molecule has 0 bridgehead atoms. The highest BCUT2D eigenvalue weighted by molar-refractivity contribution is 5.89. The molecule has 0 spiro atoms. The molecule has 0 atom stereocenters. The first kappa shape index (κ1) is 18.6. The number of nitrogens with one attached hydrogen (secondary N) is 2. The number of aliphatic hydroxyl groups is 1. The zero-order valence-electron chi connectivity index (χ0n) is 14.8. The summed E-state index contributed by atoms with van der Waals surface area (Å²) < 4.78 is 10.7. The first-order valence-corrected chi connectivity index (χ1v) is 8.06. The lowest BCUT2D eigenvalue weighted by atomic mass is 10.1. The van der Waals surface area contributed by atoms with Crippen molar-refractivity contribution in [2.75, 3.05) is 25.6 Å². The van der Waals surface area contributed by atoms with Crippen molar-refractivity contribution in [3.63, 3.8) is 0 Å². The molecule has 0 saturated carbocycles. The maximum absolute atomic E-state index is 12.0. The minimum Gasteiger partial charge on any atom is -0.493 e. The summed E-state index contributed by atoms with van der Waals surface area (Å²) in [5.74, 6) is 1.11. The molecule has 0 aliphatic carbocycles. The molecule has 0 aliphatic heterocycles. The first-order valence-electron chi connectivity index (χ1n) is 8.06. The van der Waals surface area contributed by atoms with E-state index in [2.05, 4.69) is 10.6 Å². The molecular weight excluding hydrogens is 320 g/mol. The van der Waals surface area contributed by atoms with E-state index >= 15 is 0 Å². The number of carbonyl (C=O) groups is 1. The van der Waals surface area contributed by atoms with Crippen LogP contribution < -0.4 is 20.1 Å². The molecule has 6 nitrogen and oxygen atoms in total. The highest BCUT2D eigenvalue weighted by atomic mass is 16.5. The molecule has 0 saturated heterocycles. The average Bonchev–Trinajstić information content (AvgIpc) is 2.61. The van der Waals surface area contributed by atoms with Crippen LogP contribution in [0, 0.1) is 13.8 Å². The van der Waals surface area contributed by atoms with E-state index in [9.17, 15) is 4.79 Å². The Morgan fingerprint density at radius 3 is 2.56 bits per heavy atom. The summed E-state index contributed by atoms with van der Waals surface area (Å²) in [6, 6.07) is 10.9. The summed E-state index contributed by atoms with van der Waals surface area (Å²) in [5.41, 5.74) is 3.94. The fourth-order valence-electron chi connectivity index (χ4n) is 2.27. The number of aryl methyl sites for hydroxylation is 2. The third-order valence-electron chi connectivity index (χ3n) is 3.79. The number of hydrogen-bond donors (Lipinski definition) is 3. The van der Waals surface area contributed by atoms with Gasteiger partial charge in [-0.05, 0) is 54.8 Å². The molecule has 25 heavy (non-hydrogen) atoms. The van der Waals surface area contributed by atoms with E-state index in [-0.39, 0.29) is 19.2 Å². The molecule has 0 aliphatic rings. The number of carbonyl (C=O) groups excluding carboxylic acids is 1. The molecule has 134 valence electrons. The van der Waals surface area contributed by atoms with E-state index in [0.29, 0.717) is 18.0 Å². The van der Waals surface area contributed by atoms with Crippen molar-refractivity contribution in [3.05, 3.63) is 53.1 Å². The number of hydrogen-bond acceptors (Lipinski definition) is 4. The van der Waals surface area contributed by atoms with Crippen molar-refractivity contribution >= 4 is 11.7 Å². The standard InChI is InChI=1S/C19H24N2O4/c1-13-4-6-16(10-14(13)2)21-19(23)20-12-15-5-7-17(25-9-8-22)18(11-15)24-3/h4-7,10-11,22H,8-9,12H2,1-3H3,(H2,20,21,23). The van der Waals surface area contributed by atoms with Crippen LogP contribution in [0.2, 0.25) is 0 Å². The number of urea groups is 1. The van der Waals surface area contributed by atoms with Crippen LogP contribution in [0.4, 0.5) is 10.5 Å². The molecule has 6 heteroatoms. The zero-order chi connectivity index (χ0) is 18.2. The quantitative estimate of drug-likeness (QED) is 0.721. The van der Waals surface area contributed by atoms with E-state index in [1.807, 2.05) is 38.1 Å². The van der Waals surface area contributed by atoms with E-state index in [0.717, 1.165) is 16.8 Å². The molecule has 0 aromatic heterocycles. The maximum Gasteiger partial charge on any atom is 0.319 e. The Kier molecular flexibility index (Phi) is 6.65. The van der Waals surface area contributed by atoms with Gasteiger partial charge in [-0.15, -0.1) is 0 Å². The van der Waals surface area contributed by atoms with Gasteiger partial charge < -0.3 is 25.2 Å². The minimum absolute atomic E-state index is 0.0644. The Bertz CT molecular complexity index is 731. The van der Waals surface area contributed by atoms with Gasteiger partial charge in [0.1, 0.15) is 6.61 Å². The first-order chi connectivity index (χ1) is 12.0. The van der Waals surface area contributed by atoms with Gasteiger partial charge in [-0.1, -0.05) is 12.1 Å². The van der Waals surface area contributed by atoms with Crippen molar-refractivity contribution in [3.8, 4) is 11.5 Å². The van der Waals surface area contributed by atoms with Gasteiger partial charge in [-0.25, -0.2) is 4.79 Å². The predicted molar refractivity (Wildman–Crippen MR) is 97.3 cm³/mol. The van der Waals surface area contributed by atoms with Gasteiger partial charge in [0.15, 0.2) is 11.5 Å². The zero-order valence-corrected chi connectivity index (χ0v) is 14.8. The van der Waals surface area contributed by atoms with Crippen LogP contribution in [0.15, 0.2) is 36.4 Å². The molecule has 2 amide bonds. The van der Waals surface area contributed by atoms with Crippen molar-refractivity contribution < 1.29 is 19.4 Å². The second-order valence-electron chi connectivity index (χ2n) is 5.66. The van der Waals surface area contributed by atoms with Gasteiger partial charge in [0.05, 0.1) is 13.7 Å². The van der Waals surface area contributed by atoms with Gasteiger partial charge in [0.25, 0.3) is 0 Å². The number of ether oxygens (including phenoxy) is 2. The Morgan fingerprint density at radius 1 is 1.08 bits per heavy atom. The van der Waals surface area contributed by atoms with Crippen LogP contribution in [-0.4, -0.2) is 31.5 Å². The smallest absolute Gasteiger partial charge is 0.319 e. The molecular formula is C19H24N2O4. The number of methoxy groups -OCH3 is 1. The van der Waals surface area contributed by atoms with Crippen LogP contribution in [-0.2, 0) is 6.54 Å². The lowest BCUT2D eigenvalue weighted by Gasteiger charge is -2.12. The van der Waals surface area contributed by atoms with Gasteiger partial charge >= 0.3 is 6.03 Å². The average molecular weight is 344 g/mol. The predicted octanol–water partition coefficient (Wildman–Crippen LogP) is 3.00. The van der Waals surface area contributed by atoms with Crippen molar-refractivity contribution in [2.24, 2.45) is 0 Å². The monoisotopic (exact) mass is 344 g/mol. The van der Waals surface area contributed by atoms with Gasteiger partial charge in [0, 0.05) is 12.2 Å². The molecule has 0 heterocycles. The second-order valence-corrected chi connectivity index (χ2v) is 5.66. The van der Waals surface area contributed by atoms with Crippen molar-refractivity contribution in [1.82, 2.24) is 5.32 Å². The fourth-order valence-corrected chi connectivity index (χ4v) is 2.27. The van der Waals surface area contributed by atoms with Crippen molar-refractivity contribution in [1.29, 1.82) is 0 Å². The highest BCUT2D eigenvalue weighted by Crippen LogP contribution is 2.28. The molecule has 2 aromatic rings. The fraction of sp³-hybridized carbons (Fsp3) is 0.316. The highest BCUT2D eigenvalue weighted by Gasteiger charge is 2.07. The van der Waals surface area contributed by atoms with Crippen LogP contribution in [0.5, 0.6) is 11.5 Å². The van der Waals surface area contributed by atoms with Gasteiger partial charge in [0.2, 0.25) is 0 Å². The van der Waals surface area contributed by atoms with Crippen LogP contribution >= 0.6 is 0 Å². The summed E-state index contributed by atoms with van der Waals surface area (Å²) in [7, 11) is 1.55. The largest absolute Gasteiger partial charge is 0.493 e. The third kappa shape index (κ3) is 5.39. The van der Waals surface area contributed by atoms with E-state index < -0.39 is 0 Å². The number of benzene rings is 2. The summed E-state index contributed by atoms with van der Waals surface area (Å²) >= 11 is 0. The summed E-state index contributed by atoms with van der Waals surface area (Å²) in [5, 5.41) is 14.4. The van der Waals surface area contributed by atoms with Gasteiger partial charge in [-0.2, -0.15) is 0 Å². The van der Waals surface area contributed by atoms with E-state index in [4.69, 9.17) is 14.6 Å². The maximum atomic E-state index is 12.0. The lowest BCUT2D eigenvalue weighted by Crippen LogP contribution is -2.28. The van der Waals surface area contributed by atoms with Gasteiger partial charge in [-0.3, -0.25) is 0 Å². The normalized spacial score (nSPS) is 10.2. The summed E-state index contributed by atoms with van der Waals surface area (Å²) in [4.78, 5) is 12.0. The molecule has 3 N–H and O–H groups in total. The Morgan fingerprint density at radius 2 is 1.88 bits per heavy atom. The molecule has 0 unspecified atom stereocenters. The number of aliphatic hydroxyl groups excluding tert-OH is 1. The lowest BCUT2D eigenvalue weighted by molar-refractivity contribution is 0.196.